The quantitative estimate of drug-likeness (QED) is 0.260. The lowest BCUT2D eigenvalue weighted by molar-refractivity contribution is -0.299. The van der Waals surface area contributed by atoms with Crippen molar-refractivity contribution in [2.24, 2.45) is 11.8 Å². The highest BCUT2D eigenvalue weighted by Crippen LogP contribution is 2.30. The molecule has 1 fully saturated rings. The van der Waals surface area contributed by atoms with E-state index in [1.165, 1.54) is 25.7 Å². The van der Waals surface area contributed by atoms with Crippen LogP contribution < -0.4 is 0 Å². The molecule has 1 heterocycles. The molecule has 0 aromatic rings. The van der Waals surface area contributed by atoms with Gasteiger partial charge in [0.15, 0.2) is 11.6 Å². The second-order valence-electron chi connectivity index (χ2n) is 9.73. The number of hydrogen-bond donors (Lipinski definition) is 1. The van der Waals surface area contributed by atoms with Crippen molar-refractivity contribution in [3.05, 3.63) is 0 Å². The Morgan fingerprint density at radius 1 is 1.18 bits per heavy atom. The molecule has 0 saturated carbocycles. The first-order valence-electron chi connectivity index (χ1n) is 11.1. The van der Waals surface area contributed by atoms with E-state index >= 15 is 0 Å². The zero-order valence-corrected chi connectivity index (χ0v) is 19.2. The van der Waals surface area contributed by atoms with Gasteiger partial charge in [0, 0.05) is 12.8 Å². The van der Waals surface area contributed by atoms with Crippen LogP contribution in [-0.4, -0.2) is 41.3 Å². The smallest absolute Gasteiger partial charge is 0.164 e. The van der Waals surface area contributed by atoms with Gasteiger partial charge in [-0.25, -0.2) is 0 Å². The summed E-state index contributed by atoms with van der Waals surface area (Å²) < 4.78 is 17.5. The van der Waals surface area contributed by atoms with E-state index in [2.05, 4.69) is 20.8 Å². The molecule has 1 saturated heterocycles. The van der Waals surface area contributed by atoms with E-state index < -0.39 is 17.7 Å². The SMILES string of the molecule is CCC(C)CC(C)CCCCC(CC1CC(C=O)OC(C)(C)O1)OC(C)(C)O. The van der Waals surface area contributed by atoms with Crippen LogP contribution in [0.3, 0.4) is 0 Å². The molecule has 5 nitrogen and oxygen atoms in total. The van der Waals surface area contributed by atoms with Crippen LogP contribution in [0.1, 0.15) is 99.8 Å². The maximum atomic E-state index is 11.2. The lowest BCUT2D eigenvalue weighted by Crippen LogP contribution is -2.46. The predicted octanol–water partition coefficient (Wildman–Crippen LogP) is 5.23. The van der Waals surface area contributed by atoms with Crippen LogP contribution in [0.4, 0.5) is 0 Å². The molecular formula is C23H44O5. The minimum absolute atomic E-state index is 0.101. The molecule has 5 heteroatoms. The van der Waals surface area contributed by atoms with Crippen molar-refractivity contribution < 1.29 is 24.1 Å². The van der Waals surface area contributed by atoms with E-state index in [-0.39, 0.29) is 12.2 Å². The van der Waals surface area contributed by atoms with Crippen LogP contribution in [-0.2, 0) is 19.0 Å². The molecule has 1 aliphatic heterocycles. The molecule has 1 aliphatic rings. The minimum atomic E-state index is -1.18. The van der Waals surface area contributed by atoms with Crippen molar-refractivity contribution >= 4 is 6.29 Å². The molecule has 1 rings (SSSR count). The second-order valence-corrected chi connectivity index (χ2v) is 9.73. The summed E-state index contributed by atoms with van der Waals surface area (Å²) in [7, 11) is 0. The van der Waals surface area contributed by atoms with Crippen LogP contribution in [0, 0.1) is 11.8 Å². The molecule has 28 heavy (non-hydrogen) atoms. The predicted molar refractivity (Wildman–Crippen MR) is 112 cm³/mol. The third-order valence-electron chi connectivity index (χ3n) is 5.49. The molecule has 0 radical (unpaired) electrons. The van der Waals surface area contributed by atoms with Crippen molar-refractivity contribution in [2.45, 2.75) is 130 Å². The van der Waals surface area contributed by atoms with E-state index in [0.717, 1.165) is 31.0 Å². The highest BCUT2D eigenvalue weighted by atomic mass is 16.7. The summed E-state index contributed by atoms with van der Waals surface area (Å²) in [5.41, 5.74) is 0. The van der Waals surface area contributed by atoms with Crippen LogP contribution in [0.2, 0.25) is 0 Å². The van der Waals surface area contributed by atoms with Gasteiger partial charge in [-0.15, -0.1) is 0 Å². The van der Waals surface area contributed by atoms with Gasteiger partial charge < -0.3 is 24.1 Å². The Bertz CT molecular complexity index is 443. The number of hydrogen-bond acceptors (Lipinski definition) is 5. The zero-order valence-electron chi connectivity index (χ0n) is 19.2. The molecule has 5 unspecified atom stereocenters. The zero-order chi connectivity index (χ0) is 21.4. The molecule has 0 amide bonds. The van der Waals surface area contributed by atoms with Gasteiger partial charge in [0.2, 0.25) is 0 Å². The third-order valence-corrected chi connectivity index (χ3v) is 5.49. The minimum Gasteiger partial charge on any atom is -0.366 e. The Morgan fingerprint density at radius 3 is 2.39 bits per heavy atom. The number of carbonyl (C=O) groups excluding carboxylic acids is 1. The fourth-order valence-electron chi connectivity index (χ4n) is 4.14. The lowest BCUT2D eigenvalue weighted by Gasteiger charge is -2.40. The Labute approximate surface area is 172 Å². The van der Waals surface area contributed by atoms with Gasteiger partial charge in [-0.1, -0.05) is 46.5 Å². The summed E-state index contributed by atoms with van der Waals surface area (Å²) in [6, 6.07) is 0. The van der Waals surface area contributed by atoms with Gasteiger partial charge in [0.25, 0.3) is 0 Å². The number of rotatable bonds is 13. The molecule has 1 N–H and O–H groups in total. The van der Waals surface area contributed by atoms with Crippen molar-refractivity contribution in [1.82, 2.24) is 0 Å². The maximum Gasteiger partial charge on any atom is 0.164 e. The molecule has 0 bridgehead atoms. The normalized spacial score (nSPS) is 25.9. The summed E-state index contributed by atoms with van der Waals surface area (Å²) >= 11 is 0. The standard InChI is InChI=1S/C23H44O5/c1-8-17(2)13-18(3)11-9-10-12-19(26-22(4,5)25)14-20-15-21(16-24)28-23(6,7)27-20/h16-21,25H,8-15H2,1-7H3. The van der Waals surface area contributed by atoms with Gasteiger partial charge >= 0.3 is 0 Å². The average molecular weight is 401 g/mol. The van der Waals surface area contributed by atoms with Crippen molar-refractivity contribution in [3.8, 4) is 0 Å². The summed E-state index contributed by atoms with van der Waals surface area (Å²) in [4.78, 5) is 11.2. The molecule has 0 aromatic heterocycles. The van der Waals surface area contributed by atoms with Gasteiger partial charge in [-0.3, -0.25) is 0 Å². The fraction of sp³-hybridized carbons (Fsp3) is 0.957. The Morgan fingerprint density at radius 2 is 1.82 bits per heavy atom. The summed E-state index contributed by atoms with van der Waals surface area (Å²) in [6.45, 7) is 13.9. The van der Waals surface area contributed by atoms with Crippen molar-refractivity contribution in [2.75, 3.05) is 0 Å². The van der Waals surface area contributed by atoms with E-state index in [0.29, 0.717) is 12.8 Å². The number of aliphatic hydroxyl groups is 1. The number of aldehydes is 1. The Hall–Kier alpha value is -0.490. The van der Waals surface area contributed by atoms with E-state index in [4.69, 9.17) is 14.2 Å². The monoisotopic (exact) mass is 400 g/mol. The van der Waals surface area contributed by atoms with Crippen LogP contribution in [0.25, 0.3) is 0 Å². The molecule has 5 atom stereocenters. The fourth-order valence-corrected chi connectivity index (χ4v) is 4.14. The average Bonchev–Trinajstić information content (AvgIpc) is 2.55. The van der Waals surface area contributed by atoms with Gasteiger partial charge in [0.05, 0.1) is 12.2 Å². The summed E-state index contributed by atoms with van der Waals surface area (Å²) in [5, 5.41) is 10.1. The number of carbonyl (C=O) groups is 1. The van der Waals surface area contributed by atoms with Crippen LogP contribution >= 0.6 is 0 Å². The van der Waals surface area contributed by atoms with Gasteiger partial charge in [0.1, 0.15) is 12.4 Å². The highest BCUT2D eigenvalue weighted by Gasteiger charge is 2.37. The van der Waals surface area contributed by atoms with E-state index in [9.17, 15) is 9.90 Å². The summed E-state index contributed by atoms with van der Waals surface area (Å²) in [6.07, 6.45) is 8.25. The molecular weight excluding hydrogens is 356 g/mol. The Kier molecular flexibility index (Phi) is 10.6. The van der Waals surface area contributed by atoms with Crippen molar-refractivity contribution in [3.63, 3.8) is 0 Å². The molecule has 166 valence electrons. The summed E-state index contributed by atoms with van der Waals surface area (Å²) in [5.74, 6) is -0.420. The first kappa shape index (κ1) is 25.5. The van der Waals surface area contributed by atoms with E-state index in [1.54, 1.807) is 13.8 Å². The maximum absolute atomic E-state index is 11.2. The number of unbranched alkanes of at least 4 members (excludes halogenated alkanes) is 1. The first-order chi connectivity index (χ1) is 12.9. The number of ether oxygens (including phenoxy) is 3. The van der Waals surface area contributed by atoms with Crippen LogP contribution in [0.5, 0.6) is 0 Å². The highest BCUT2D eigenvalue weighted by molar-refractivity contribution is 5.56. The topological polar surface area (TPSA) is 65.0 Å². The second kappa shape index (κ2) is 11.6. The largest absolute Gasteiger partial charge is 0.366 e. The first-order valence-corrected chi connectivity index (χ1v) is 11.1. The molecule has 0 spiro atoms. The lowest BCUT2D eigenvalue weighted by atomic mass is 9.91. The van der Waals surface area contributed by atoms with Crippen molar-refractivity contribution in [1.29, 1.82) is 0 Å². The van der Waals surface area contributed by atoms with Gasteiger partial charge in [-0.05, 0) is 52.4 Å². The Balaban J connectivity index is 2.53. The molecule has 0 aliphatic carbocycles. The van der Waals surface area contributed by atoms with Crippen LogP contribution in [0.15, 0.2) is 0 Å². The van der Waals surface area contributed by atoms with E-state index in [1.807, 2.05) is 13.8 Å². The molecule has 0 aromatic carbocycles. The third kappa shape index (κ3) is 10.9. The van der Waals surface area contributed by atoms with Gasteiger partial charge in [-0.2, -0.15) is 0 Å².